The van der Waals surface area contributed by atoms with E-state index in [0.29, 0.717) is 10.9 Å². The Balaban J connectivity index is 2.19. The van der Waals surface area contributed by atoms with Crippen LogP contribution in [0.1, 0.15) is 22.2 Å². The zero-order valence-electron chi connectivity index (χ0n) is 12.5. The summed E-state index contributed by atoms with van der Waals surface area (Å²) in [5.41, 5.74) is 1.21. The normalized spacial score (nSPS) is 15.0. The van der Waals surface area contributed by atoms with E-state index in [0.717, 1.165) is 26.7 Å². The number of para-hydroxylation sites is 1. The van der Waals surface area contributed by atoms with Gasteiger partial charge in [0.25, 0.3) is 5.91 Å². The topological polar surface area (TPSA) is 95.5 Å². The fourth-order valence-corrected chi connectivity index (χ4v) is 3.26. The molecule has 1 amide bonds. The minimum Gasteiger partial charge on any atom is -0.493 e. The molecule has 23 heavy (non-hydrogen) atoms. The van der Waals surface area contributed by atoms with E-state index in [-0.39, 0.29) is 15.6 Å². The molecule has 0 aliphatic carbocycles. The third-order valence-electron chi connectivity index (χ3n) is 3.48. The van der Waals surface area contributed by atoms with Crippen LogP contribution in [0.2, 0.25) is 0 Å². The van der Waals surface area contributed by atoms with Crippen LogP contribution in [-0.4, -0.2) is 21.5 Å². The lowest BCUT2D eigenvalue weighted by molar-refractivity contribution is -0.114. The van der Waals surface area contributed by atoms with Gasteiger partial charge in [0, 0.05) is 17.7 Å². The predicted octanol–water partition coefficient (Wildman–Crippen LogP) is 0.727. The summed E-state index contributed by atoms with van der Waals surface area (Å²) in [5.74, 6) is -1.21. The number of hydrogen-bond donors (Lipinski definition) is 2. The van der Waals surface area contributed by atoms with Gasteiger partial charge in [0.15, 0.2) is 4.80 Å². The fourth-order valence-electron chi connectivity index (χ4n) is 2.38. The second kappa shape index (κ2) is 5.44. The number of hydrogen-bond acceptors (Lipinski definition) is 5. The molecule has 0 saturated heterocycles. The van der Waals surface area contributed by atoms with E-state index in [2.05, 4.69) is 4.99 Å². The molecule has 2 aromatic rings. The highest BCUT2D eigenvalue weighted by Crippen LogP contribution is 2.23. The summed E-state index contributed by atoms with van der Waals surface area (Å²) in [6, 6.07) is 5.61. The number of aryl methyl sites for hydroxylation is 1. The minimum atomic E-state index is -0.460. The number of carbonyl (C=O) groups is 2. The maximum absolute atomic E-state index is 12.2. The smallest absolute Gasteiger partial charge is 0.277 e. The summed E-state index contributed by atoms with van der Waals surface area (Å²) >= 11 is 0.918. The van der Waals surface area contributed by atoms with E-state index in [4.69, 9.17) is 5.41 Å². The number of thiazole rings is 1. The molecule has 0 fully saturated rings. The van der Waals surface area contributed by atoms with Crippen molar-refractivity contribution in [3.05, 3.63) is 49.6 Å². The molecule has 1 aromatic carbocycles. The second-order valence-electron chi connectivity index (χ2n) is 5.12. The highest BCUT2D eigenvalue weighted by atomic mass is 32.1. The van der Waals surface area contributed by atoms with Crippen LogP contribution in [0.3, 0.4) is 0 Å². The number of benzene rings is 1. The molecule has 1 aliphatic rings. The Hall–Kier alpha value is -2.80. The molecule has 0 radical (unpaired) electrons. The first kappa shape index (κ1) is 15.1. The molecule has 7 heteroatoms. The Morgan fingerprint density at radius 2 is 2.17 bits per heavy atom. The van der Waals surface area contributed by atoms with Crippen LogP contribution in [0.4, 0.5) is 0 Å². The summed E-state index contributed by atoms with van der Waals surface area (Å²) in [6.45, 7) is 3.14. The van der Waals surface area contributed by atoms with E-state index in [1.165, 1.54) is 13.0 Å². The van der Waals surface area contributed by atoms with Crippen LogP contribution < -0.4 is 15.4 Å². The van der Waals surface area contributed by atoms with Crippen molar-refractivity contribution in [3.63, 3.8) is 0 Å². The van der Waals surface area contributed by atoms with Gasteiger partial charge in [0.2, 0.25) is 11.8 Å². The van der Waals surface area contributed by atoms with Crippen LogP contribution in [0.5, 0.6) is 5.88 Å². The van der Waals surface area contributed by atoms with E-state index < -0.39 is 11.8 Å². The average molecular weight is 327 g/mol. The van der Waals surface area contributed by atoms with Crippen molar-refractivity contribution in [2.45, 2.75) is 13.8 Å². The number of nitrogens with zero attached hydrogens (tertiary/aromatic N) is 2. The number of fused-ring (bicyclic) bond motifs is 1. The lowest BCUT2D eigenvalue weighted by Gasteiger charge is -2.05. The molecule has 1 aliphatic heterocycles. The van der Waals surface area contributed by atoms with Crippen LogP contribution in [-0.2, 0) is 4.79 Å². The van der Waals surface area contributed by atoms with E-state index in [1.54, 1.807) is 6.08 Å². The lowest BCUT2D eigenvalue weighted by atomic mass is 10.1. The van der Waals surface area contributed by atoms with E-state index in [9.17, 15) is 14.7 Å². The number of carbonyl (C=O) groups excluding carboxylic acids is 2. The Kier molecular flexibility index (Phi) is 3.57. The molecule has 0 spiro atoms. The van der Waals surface area contributed by atoms with Crippen LogP contribution in [0.25, 0.3) is 12.2 Å². The summed E-state index contributed by atoms with van der Waals surface area (Å²) in [7, 11) is 0. The Morgan fingerprint density at radius 1 is 1.43 bits per heavy atom. The maximum atomic E-state index is 12.2. The van der Waals surface area contributed by atoms with Gasteiger partial charge in [0.05, 0.1) is 10.2 Å². The SMILES string of the molecule is CC(=O)n1c(O)c(/C=C2\C=c3cccc(C)c3=NC2=O)sc1=N. The largest absolute Gasteiger partial charge is 0.493 e. The molecule has 116 valence electrons. The Bertz CT molecular complexity index is 1060. The van der Waals surface area contributed by atoms with Crippen molar-refractivity contribution in [1.82, 2.24) is 4.57 Å². The fraction of sp³-hybridized carbons (Fsp3) is 0.125. The van der Waals surface area contributed by atoms with Gasteiger partial charge in [0.1, 0.15) is 0 Å². The highest BCUT2D eigenvalue weighted by molar-refractivity contribution is 7.10. The molecular weight excluding hydrogens is 314 g/mol. The number of rotatable bonds is 1. The van der Waals surface area contributed by atoms with Gasteiger partial charge in [-0.25, -0.2) is 9.56 Å². The van der Waals surface area contributed by atoms with E-state index >= 15 is 0 Å². The van der Waals surface area contributed by atoms with Gasteiger partial charge in [-0.1, -0.05) is 29.5 Å². The third kappa shape index (κ3) is 2.55. The second-order valence-corrected chi connectivity index (χ2v) is 6.15. The van der Waals surface area contributed by atoms with Gasteiger partial charge < -0.3 is 5.11 Å². The first-order valence-corrected chi connectivity index (χ1v) is 7.62. The van der Waals surface area contributed by atoms with Crippen molar-refractivity contribution in [2.24, 2.45) is 4.99 Å². The van der Waals surface area contributed by atoms with Crippen molar-refractivity contribution in [3.8, 4) is 5.88 Å². The van der Waals surface area contributed by atoms with Crippen molar-refractivity contribution < 1.29 is 14.7 Å². The molecule has 0 atom stereocenters. The first-order chi connectivity index (χ1) is 10.9. The quantitative estimate of drug-likeness (QED) is 0.756. The summed E-state index contributed by atoms with van der Waals surface area (Å²) in [6.07, 6.45) is 3.15. The number of aromatic hydroxyl groups is 1. The average Bonchev–Trinajstić information content (AvgIpc) is 2.75. The van der Waals surface area contributed by atoms with Gasteiger partial charge >= 0.3 is 0 Å². The van der Waals surface area contributed by atoms with Crippen molar-refractivity contribution in [2.75, 3.05) is 0 Å². The van der Waals surface area contributed by atoms with Gasteiger partial charge in [-0.3, -0.25) is 15.0 Å². The summed E-state index contributed by atoms with van der Waals surface area (Å²) < 4.78 is 0.888. The molecule has 0 saturated carbocycles. The molecular formula is C16H13N3O3S. The molecule has 0 unspecified atom stereocenters. The molecule has 0 bridgehead atoms. The lowest BCUT2D eigenvalue weighted by Crippen LogP contribution is -2.32. The van der Waals surface area contributed by atoms with Gasteiger partial charge in [-0.2, -0.15) is 0 Å². The molecule has 2 heterocycles. The maximum Gasteiger partial charge on any atom is 0.277 e. The molecule has 1 aromatic heterocycles. The zero-order valence-corrected chi connectivity index (χ0v) is 13.3. The zero-order chi connectivity index (χ0) is 16.7. The van der Waals surface area contributed by atoms with Crippen molar-refractivity contribution in [1.29, 1.82) is 5.41 Å². The third-order valence-corrected chi connectivity index (χ3v) is 4.38. The highest BCUT2D eigenvalue weighted by Gasteiger charge is 2.17. The van der Waals surface area contributed by atoms with Crippen molar-refractivity contribution >= 4 is 35.3 Å². The Morgan fingerprint density at radius 3 is 2.83 bits per heavy atom. The predicted molar refractivity (Wildman–Crippen MR) is 85.5 cm³/mol. The minimum absolute atomic E-state index is 0.0988. The number of amides is 1. The molecule has 2 N–H and O–H groups in total. The first-order valence-electron chi connectivity index (χ1n) is 6.81. The summed E-state index contributed by atoms with van der Waals surface area (Å²) in [4.78, 5) is 27.9. The standard InChI is InChI=1S/C16H13N3O3S/c1-8-4-3-5-10-6-11(14(21)18-13(8)10)7-12-15(22)19(9(2)20)16(17)23-12/h3-7,17,22H,1-2H3/b11-7+,17-16?. The Labute approximate surface area is 134 Å². The summed E-state index contributed by atoms with van der Waals surface area (Å²) in [5, 5.41) is 19.3. The van der Waals surface area contributed by atoms with E-state index in [1.807, 2.05) is 25.1 Å². The number of nitrogens with one attached hydrogen (secondary N) is 1. The van der Waals surface area contributed by atoms with Crippen LogP contribution in [0, 0.1) is 12.3 Å². The van der Waals surface area contributed by atoms with Gasteiger partial charge in [-0.05, 0) is 24.6 Å². The van der Waals surface area contributed by atoms with Gasteiger partial charge in [-0.15, -0.1) is 0 Å². The van der Waals surface area contributed by atoms with Crippen LogP contribution in [0.15, 0.2) is 28.8 Å². The molecule has 6 nitrogen and oxygen atoms in total. The molecule has 3 rings (SSSR count). The number of aromatic nitrogens is 1. The monoisotopic (exact) mass is 327 g/mol. The van der Waals surface area contributed by atoms with Crippen LogP contribution >= 0.6 is 11.3 Å².